The van der Waals surface area contributed by atoms with Gasteiger partial charge in [0.1, 0.15) is 62.8 Å². The first-order valence-electron chi connectivity index (χ1n) is 33.8. The Labute approximate surface area is 556 Å². The maximum Gasteiger partial charge on any atom is 0.307 e. The predicted molar refractivity (Wildman–Crippen MR) is 384 cm³/mol. The zero-order chi connectivity index (χ0) is 69.3. The zero-order valence-electron chi connectivity index (χ0n) is 60.8. The van der Waals surface area contributed by atoms with Gasteiger partial charge in [0.25, 0.3) is 0 Å². The summed E-state index contributed by atoms with van der Waals surface area (Å²) in [5, 5.41) is 58.5. The maximum atomic E-state index is 10.9. The van der Waals surface area contributed by atoms with Crippen LogP contribution in [0, 0.1) is 89.5 Å². The van der Waals surface area contributed by atoms with Crippen molar-refractivity contribution in [3.05, 3.63) is 167 Å². The summed E-state index contributed by atoms with van der Waals surface area (Å²) in [4.78, 5) is 10.9. The molecule has 7 rings (SSSR count). The van der Waals surface area contributed by atoms with Crippen LogP contribution >= 0.6 is 0 Å². The van der Waals surface area contributed by atoms with Crippen LogP contribution in [0.5, 0.6) is 46.0 Å². The molecular formula is C82H119O10+. The summed E-state index contributed by atoms with van der Waals surface area (Å²) in [5.41, 5.74) is 21.6. The van der Waals surface area contributed by atoms with Crippen molar-refractivity contribution >= 4 is 5.97 Å². The topological polar surface area (TPSA) is 166 Å². The maximum absolute atomic E-state index is 10.9. The van der Waals surface area contributed by atoms with Crippen molar-refractivity contribution in [2.75, 3.05) is 0 Å². The Morgan fingerprint density at radius 3 is 1.20 bits per heavy atom. The molecule has 0 saturated carbocycles. The van der Waals surface area contributed by atoms with Crippen LogP contribution in [0.2, 0.25) is 0 Å². The van der Waals surface area contributed by atoms with Gasteiger partial charge in [-0.2, -0.15) is 0 Å². The number of allylic oxidation sites excluding steroid dienone is 10. The van der Waals surface area contributed by atoms with E-state index in [0.717, 1.165) is 192 Å². The number of fused-ring (bicyclic) bond motifs is 3. The molecule has 10 nitrogen and oxygen atoms in total. The molecule has 0 unspecified atom stereocenters. The molecule has 0 spiro atoms. The number of aliphatic carboxylic acids is 1. The number of carboxylic acid groups (broad SMARTS) is 1. The van der Waals surface area contributed by atoms with Crippen LogP contribution < -0.4 is 14.2 Å². The third kappa shape index (κ3) is 21.6. The molecule has 0 amide bonds. The standard InChI is InChI=1S/C29H44O2.C29H42O2.C15H20O4.C9H12O2/c2*1-20(2)12-9-13-21(3)14-10-15-22(4)16-11-18-29(8)19-17-26-25(7)27(30)23(5)24(6)28(26)31-29;1-8-9(2)14-11(10(3)13(8)18)5-6-15(4,19-14)7-12(16)17;1-5-4-8(10)6(2)7(3)9(5)11/h14,16,30H,1,9-13,15,17-19H2,2-8H3;12,14,16H,1,9-11,13,15,17-19H2,2-8H3;18H,5-7H2,1-4H3,(H,16,17);4,10-11H,1-3H3/p+1/b2*21-14+,22-16+;;/t2*29-;15-;/m110./s1. The van der Waals surface area contributed by atoms with Crippen molar-refractivity contribution < 1.29 is 49.6 Å². The molecule has 0 radical (unpaired) electrons. The van der Waals surface area contributed by atoms with Gasteiger partial charge in [0.2, 0.25) is 0 Å². The second-order valence-electron chi connectivity index (χ2n) is 28.4. The molecule has 0 aliphatic carbocycles. The van der Waals surface area contributed by atoms with Crippen LogP contribution in [-0.2, 0) is 24.1 Å². The lowest BCUT2D eigenvalue weighted by Gasteiger charge is -2.38. The van der Waals surface area contributed by atoms with E-state index in [2.05, 4.69) is 113 Å². The number of aryl methyl sites for hydroxylation is 1. The Kier molecular flexibility index (Phi) is 28.9. The van der Waals surface area contributed by atoms with Gasteiger partial charge in [-0.15, -0.1) is 6.58 Å². The van der Waals surface area contributed by atoms with E-state index in [1.165, 1.54) is 51.8 Å². The summed E-state index contributed by atoms with van der Waals surface area (Å²) in [6, 6.07) is 1.57. The number of aromatic hydroxyl groups is 5. The number of ether oxygens (including phenoxy) is 3. The minimum absolute atomic E-state index is 0.00908. The Morgan fingerprint density at radius 1 is 0.467 bits per heavy atom. The minimum Gasteiger partial charge on any atom is -0.508 e. The number of hydrogen-bond acceptors (Lipinski definition) is 9. The van der Waals surface area contributed by atoms with E-state index >= 15 is 0 Å². The molecular weight excluding hydrogens is 1140 g/mol. The molecule has 10 heteroatoms. The molecule has 0 aromatic heterocycles. The molecule has 3 atom stereocenters. The molecule has 0 bridgehead atoms. The van der Waals surface area contributed by atoms with Gasteiger partial charge in [0.05, 0.1) is 12.0 Å². The van der Waals surface area contributed by atoms with Crippen molar-refractivity contribution in [2.24, 2.45) is 0 Å². The van der Waals surface area contributed by atoms with Crippen molar-refractivity contribution in [1.29, 1.82) is 0 Å². The van der Waals surface area contributed by atoms with E-state index in [4.69, 9.17) is 19.3 Å². The molecule has 4 aromatic rings. The first-order valence-corrected chi connectivity index (χ1v) is 33.8. The lowest BCUT2D eigenvalue weighted by molar-refractivity contribution is -0.141. The normalized spacial score (nSPS) is 18.6. The highest BCUT2D eigenvalue weighted by Crippen LogP contribution is 2.47. The van der Waals surface area contributed by atoms with Gasteiger partial charge in [0, 0.05) is 36.1 Å². The van der Waals surface area contributed by atoms with Gasteiger partial charge < -0.3 is 44.8 Å². The summed E-state index contributed by atoms with van der Waals surface area (Å²) >= 11 is 0. The fourth-order valence-corrected chi connectivity index (χ4v) is 12.7. The number of carboxylic acids is 1. The van der Waals surface area contributed by atoms with Crippen molar-refractivity contribution in [3.8, 4) is 46.0 Å². The van der Waals surface area contributed by atoms with Crippen LogP contribution in [0.1, 0.15) is 255 Å². The summed E-state index contributed by atoms with van der Waals surface area (Å²) < 4.78 is 19.1. The Hall–Kier alpha value is -6.94. The average molecular weight is 1260 g/mol. The second-order valence-corrected chi connectivity index (χ2v) is 28.4. The molecule has 506 valence electrons. The molecule has 0 saturated heterocycles. The van der Waals surface area contributed by atoms with Gasteiger partial charge in [-0.1, -0.05) is 52.2 Å². The van der Waals surface area contributed by atoms with Crippen LogP contribution in [0.25, 0.3) is 0 Å². The molecule has 4 aromatic carbocycles. The number of rotatable bonds is 22. The smallest absolute Gasteiger partial charge is 0.307 e. The number of hydrogen-bond donors (Lipinski definition) is 6. The second kappa shape index (κ2) is 34.3. The Balaban J connectivity index is 0.000000277. The number of phenols is 5. The van der Waals surface area contributed by atoms with Crippen molar-refractivity contribution in [3.63, 3.8) is 0 Å². The van der Waals surface area contributed by atoms with E-state index in [1.807, 2.05) is 55.4 Å². The Morgan fingerprint density at radius 2 is 0.815 bits per heavy atom. The largest absolute Gasteiger partial charge is 0.508 e. The third-order valence-electron chi connectivity index (χ3n) is 19.9. The monoisotopic (exact) mass is 1260 g/mol. The van der Waals surface area contributed by atoms with Crippen LogP contribution in [0.15, 0.2) is 77.0 Å². The summed E-state index contributed by atoms with van der Waals surface area (Å²) in [6.07, 6.45) is 31.5. The van der Waals surface area contributed by atoms with Crippen LogP contribution in [-0.4, -0.2) is 53.4 Å². The SMILES string of the molecule is C=C(C)CCC/C(C)=C/CC/C(C)=C/CC[C@]1(C)CCc2c(C)c(O)c(C)c(C)c2O1.C=C(C)[CH+]CC/C(C)=C/CC/C(C)=C/CC[C@]1(C)CCc2c(C)c(O)c(C)c(C)c2O1.Cc1c(C)c2c(c(C)c1O)CC[C@@](C)(CC(=O)O)O2.Cc1cc(O)c(C)c(C)c1O. The van der Waals surface area contributed by atoms with Crippen molar-refractivity contribution in [1.82, 2.24) is 0 Å². The lowest BCUT2D eigenvalue weighted by atomic mass is 9.85. The minimum atomic E-state index is -0.851. The highest BCUT2D eigenvalue weighted by molar-refractivity contribution is 5.69. The van der Waals surface area contributed by atoms with Crippen molar-refractivity contribution in [2.45, 2.75) is 291 Å². The lowest BCUT2D eigenvalue weighted by Crippen LogP contribution is -2.39. The number of benzene rings is 4. The first-order chi connectivity index (χ1) is 42.9. The quantitative estimate of drug-likeness (QED) is 0.0253. The van der Waals surface area contributed by atoms with Gasteiger partial charge in [-0.3, -0.25) is 4.79 Å². The van der Waals surface area contributed by atoms with E-state index in [0.29, 0.717) is 29.2 Å². The molecule has 0 fully saturated rings. The molecule has 3 aliphatic heterocycles. The summed E-state index contributed by atoms with van der Waals surface area (Å²) in [5.74, 6) is 3.63. The molecule has 3 heterocycles. The average Bonchev–Trinajstić information content (AvgIpc) is 0.783. The van der Waals surface area contributed by atoms with Crippen LogP contribution in [0.4, 0.5) is 0 Å². The molecule has 6 N–H and O–H groups in total. The highest BCUT2D eigenvalue weighted by atomic mass is 16.5. The number of carbonyl (C=O) groups is 1. The summed E-state index contributed by atoms with van der Waals surface area (Å²) in [6.45, 7) is 50.5. The zero-order valence-corrected chi connectivity index (χ0v) is 60.8. The molecule has 92 heavy (non-hydrogen) atoms. The fraction of sp³-hybridized carbons (Fsp3) is 0.537. The van der Waals surface area contributed by atoms with E-state index in [1.54, 1.807) is 26.8 Å². The summed E-state index contributed by atoms with van der Waals surface area (Å²) in [7, 11) is 0. The Bertz CT molecular complexity index is 3250. The van der Waals surface area contributed by atoms with Gasteiger partial charge >= 0.3 is 5.97 Å². The first kappa shape index (κ1) is 77.5. The third-order valence-corrected chi connectivity index (χ3v) is 19.9. The van der Waals surface area contributed by atoms with Crippen LogP contribution in [0.3, 0.4) is 0 Å². The predicted octanol–water partition coefficient (Wildman–Crippen LogP) is 21.9. The highest BCUT2D eigenvalue weighted by Gasteiger charge is 2.38. The fourth-order valence-electron chi connectivity index (χ4n) is 12.7. The number of phenolic OH excluding ortho intramolecular Hbond substituents is 5. The van der Waals surface area contributed by atoms with Gasteiger partial charge in [0.15, 0.2) is 0 Å². The van der Waals surface area contributed by atoms with E-state index in [-0.39, 0.29) is 29.1 Å². The van der Waals surface area contributed by atoms with E-state index < -0.39 is 11.6 Å². The van der Waals surface area contributed by atoms with E-state index in [9.17, 15) is 30.3 Å². The molecule has 3 aliphatic rings. The van der Waals surface area contributed by atoms with Gasteiger partial charge in [-0.25, -0.2) is 0 Å². The van der Waals surface area contributed by atoms with Gasteiger partial charge in [-0.05, 0) is 334 Å².